The second-order valence-electron chi connectivity index (χ2n) is 10.3. The molecule has 2 aliphatic heterocycles. The SMILES string of the molecule is C[C@@]1(O)CC/C=C\Cn2c(=O)c3cnc(Nc4ccc(N5CCC(F)(F)CC5)cc4)nc3n2-c2cccc1n2. The zero-order valence-corrected chi connectivity index (χ0v) is 21.5. The predicted molar refractivity (Wildman–Crippen MR) is 145 cm³/mol. The van der Waals surface area contributed by atoms with E-state index in [1.54, 1.807) is 28.4 Å². The Labute approximate surface area is 223 Å². The molecule has 0 aliphatic carbocycles. The molecule has 4 aromatic rings. The molecule has 0 radical (unpaired) electrons. The quantitative estimate of drug-likeness (QED) is 0.374. The van der Waals surface area contributed by atoms with E-state index in [4.69, 9.17) is 4.98 Å². The molecular formula is C28H29F2N7O2. The Kier molecular flexibility index (Phi) is 6.17. The van der Waals surface area contributed by atoms with Crippen molar-refractivity contribution in [2.24, 2.45) is 0 Å². The number of hydrogen-bond acceptors (Lipinski definition) is 7. The summed E-state index contributed by atoms with van der Waals surface area (Å²) in [5.41, 5.74) is 1.14. The molecule has 0 saturated carbocycles. The first-order chi connectivity index (χ1) is 18.7. The van der Waals surface area contributed by atoms with Crippen LogP contribution < -0.4 is 15.8 Å². The van der Waals surface area contributed by atoms with Gasteiger partial charge in [-0.3, -0.25) is 4.79 Å². The molecule has 0 spiro atoms. The summed E-state index contributed by atoms with van der Waals surface area (Å²) in [6, 6.07) is 12.8. The molecule has 5 heterocycles. The highest BCUT2D eigenvalue weighted by atomic mass is 19.3. The fraction of sp³-hybridized carbons (Fsp3) is 0.357. The van der Waals surface area contributed by atoms with E-state index in [9.17, 15) is 18.7 Å². The van der Waals surface area contributed by atoms with Crippen molar-refractivity contribution in [1.82, 2.24) is 24.3 Å². The maximum atomic E-state index is 13.5. The number of aliphatic hydroxyl groups is 1. The van der Waals surface area contributed by atoms with Crippen LogP contribution in [0.4, 0.5) is 26.1 Å². The van der Waals surface area contributed by atoms with Crippen molar-refractivity contribution < 1.29 is 13.9 Å². The first-order valence-electron chi connectivity index (χ1n) is 13.0. The number of halogens is 2. The summed E-state index contributed by atoms with van der Waals surface area (Å²) < 4.78 is 30.3. The fourth-order valence-corrected chi connectivity index (χ4v) is 5.09. The summed E-state index contributed by atoms with van der Waals surface area (Å²) in [5.74, 6) is -1.83. The highest BCUT2D eigenvalue weighted by Crippen LogP contribution is 2.31. The molecule has 0 amide bonds. The number of fused-ring (bicyclic) bond motifs is 6. The van der Waals surface area contributed by atoms with Crippen molar-refractivity contribution >= 4 is 28.4 Å². The van der Waals surface area contributed by atoms with E-state index >= 15 is 0 Å². The maximum Gasteiger partial charge on any atom is 0.278 e. The molecule has 202 valence electrons. The Morgan fingerprint density at radius 3 is 2.54 bits per heavy atom. The lowest BCUT2D eigenvalue weighted by Crippen LogP contribution is -2.39. The zero-order valence-electron chi connectivity index (χ0n) is 21.5. The minimum absolute atomic E-state index is 0.146. The van der Waals surface area contributed by atoms with E-state index < -0.39 is 11.5 Å². The van der Waals surface area contributed by atoms with Crippen molar-refractivity contribution in [2.45, 2.75) is 50.7 Å². The topological polar surface area (TPSA) is 101 Å². The van der Waals surface area contributed by atoms with Gasteiger partial charge in [0.1, 0.15) is 11.0 Å². The highest BCUT2D eigenvalue weighted by molar-refractivity contribution is 5.77. The number of hydrogen-bond donors (Lipinski definition) is 2. The summed E-state index contributed by atoms with van der Waals surface area (Å²) in [4.78, 5) is 29.0. The van der Waals surface area contributed by atoms with Crippen LogP contribution in [0.25, 0.3) is 16.9 Å². The number of piperidine rings is 1. The van der Waals surface area contributed by atoms with E-state index in [2.05, 4.69) is 15.3 Å². The molecule has 1 atom stereocenters. The van der Waals surface area contributed by atoms with Gasteiger partial charge in [-0.1, -0.05) is 18.2 Å². The first-order valence-corrected chi connectivity index (χ1v) is 13.0. The van der Waals surface area contributed by atoms with Crippen LogP contribution in [0, 0.1) is 0 Å². The summed E-state index contributed by atoms with van der Waals surface area (Å²) >= 11 is 0. The molecule has 2 N–H and O–H groups in total. The Morgan fingerprint density at radius 2 is 1.77 bits per heavy atom. The maximum absolute atomic E-state index is 13.5. The van der Waals surface area contributed by atoms with Crippen LogP contribution in [0.5, 0.6) is 0 Å². The molecule has 0 unspecified atom stereocenters. The van der Waals surface area contributed by atoms with E-state index in [0.717, 1.165) is 11.4 Å². The Bertz CT molecular complexity index is 1600. The number of aromatic nitrogens is 5. The van der Waals surface area contributed by atoms with Crippen molar-refractivity contribution in [2.75, 3.05) is 23.3 Å². The number of pyridine rings is 1. The van der Waals surface area contributed by atoms with E-state index in [-0.39, 0.29) is 18.4 Å². The number of benzene rings is 1. The van der Waals surface area contributed by atoms with Crippen molar-refractivity contribution in [1.29, 1.82) is 0 Å². The van der Waals surface area contributed by atoms with Crippen molar-refractivity contribution in [3.8, 4) is 5.82 Å². The van der Waals surface area contributed by atoms with Gasteiger partial charge in [0.05, 0.1) is 12.2 Å². The minimum Gasteiger partial charge on any atom is -0.384 e. The lowest BCUT2D eigenvalue weighted by molar-refractivity contribution is -0.0220. The number of anilines is 3. The minimum atomic E-state index is -2.59. The summed E-state index contributed by atoms with van der Waals surface area (Å²) in [7, 11) is 0. The van der Waals surface area contributed by atoms with Crippen molar-refractivity contribution in [3.05, 3.63) is 76.9 Å². The van der Waals surface area contributed by atoms with E-state index in [1.807, 2.05) is 47.4 Å². The molecule has 6 rings (SSSR count). The Morgan fingerprint density at radius 1 is 1.00 bits per heavy atom. The van der Waals surface area contributed by atoms with Gasteiger partial charge in [-0.05, 0) is 56.2 Å². The van der Waals surface area contributed by atoms with Crippen LogP contribution >= 0.6 is 0 Å². The smallest absolute Gasteiger partial charge is 0.278 e. The fourth-order valence-electron chi connectivity index (χ4n) is 5.09. The Hall–Kier alpha value is -4.12. The lowest BCUT2D eigenvalue weighted by atomic mass is 9.95. The molecule has 39 heavy (non-hydrogen) atoms. The van der Waals surface area contributed by atoms with Crippen LogP contribution in [-0.4, -0.2) is 48.4 Å². The number of rotatable bonds is 3. The highest BCUT2D eigenvalue weighted by Gasteiger charge is 2.34. The molecule has 1 saturated heterocycles. The van der Waals surface area contributed by atoms with E-state index in [0.29, 0.717) is 61.0 Å². The monoisotopic (exact) mass is 533 g/mol. The molecule has 1 fully saturated rings. The largest absolute Gasteiger partial charge is 0.384 e. The lowest BCUT2D eigenvalue weighted by Gasteiger charge is -2.33. The average molecular weight is 534 g/mol. The van der Waals surface area contributed by atoms with Gasteiger partial charge in [0, 0.05) is 43.5 Å². The summed E-state index contributed by atoms with van der Waals surface area (Å²) in [5, 5.41) is 14.5. The molecule has 1 aromatic carbocycles. The summed E-state index contributed by atoms with van der Waals surface area (Å²) in [6.45, 7) is 2.68. The van der Waals surface area contributed by atoms with E-state index in [1.165, 1.54) is 6.20 Å². The van der Waals surface area contributed by atoms with Gasteiger partial charge in [-0.25, -0.2) is 28.1 Å². The van der Waals surface area contributed by atoms with Gasteiger partial charge in [0.2, 0.25) is 5.95 Å². The van der Waals surface area contributed by atoms with Gasteiger partial charge in [-0.15, -0.1) is 0 Å². The number of alkyl halides is 2. The van der Waals surface area contributed by atoms with Gasteiger partial charge in [-0.2, -0.15) is 4.98 Å². The number of allylic oxidation sites excluding steroid dienone is 2. The third-order valence-electron chi connectivity index (χ3n) is 7.41. The van der Waals surface area contributed by atoms with Crippen LogP contribution in [0.3, 0.4) is 0 Å². The number of nitrogens with zero attached hydrogens (tertiary/aromatic N) is 6. The Balaban J connectivity index is 1.34. The van der Waals surface area contributed by atoms with Crippen LogP contribution in [0.15, 0.2) is 65.6 Å². The van der Waals surface area contributed by atoms with Gasteiger partial charge in [0.25, 0.3) is 11.5 Å². The van der Waals surface area contributed by atoms with Gasteiger partial charge < -0.3 is 15.3 Å². The summed E-state index contributed by atoms with van der Waals surface area (Å²) in [6.07, 6.45) is 6.21. The number of nitrogens with one attached hydrogen (secondary N) is 1. The molecular weight excluding hydrogens is 504 g/mol. The second-order valence-corrected chi connectivity index (χ2v) is 10.3. The van der Waals surface area contributed by atoms with Gasteiger partial charge in [0.15, 0.2) is 11.5 Å². The second kappa shape index (κ2) is 9.57. The third-order valence-corrected chi connectivity index (χ3v) is 7.41. The first kappa shape index (κ1) is 25.2. The standard InChI is InChI=1S/C28H29F2N7O2/c1-27(39)12-3-2-4-15-36-25(38)21-18-31-26(34-24(21)37(36)23-7-5-6-22(27)33-23)32-19-8-10-20(11-9-19)35-16-13-28(29,30)14-17-35/h2,4-11,18,39H,3,12-17H2,1H3,(H,31,32,34)/b4-2-/t27-/m1/s1. The van der Waals surface area contributed by atoms with Gasteiger partial charge >= 0.3 is 0 Å². The van der Waals surface area contributed by atoms with Crippen molar-refractivity contribution in [3.63, 3.8) is 0 Å². The van der Waals surface area contributed by atoms with Crippen LogP contribution in [0.2, 0.25) is 0 Å². The third kappa shape index (κ3) is 4.89. The van der Waals surface area contributed by atoms with Crippen LogP contribution in [-0.2, 0) is 12.1 Å². The molecule has 11 heteroatoms. The molecule has 9 nitrogen and oxygen atoms in total. The molecule has 2 bridgehead atoms. The predicted octanol–water partition coefficient (Wildman–Crippen LogP) is 4.51. The molecule has 3 aromatic heterocycles. The molecule has 2 aliphatic rings. The average Bonchev–Trinajstić information content (AvgIpc) is 3.19. The zero-order chi connectivity index (χ0) is 27.2. The van der Waals surface area contributed by atoms with Crippen LogP contribution in [0.1, 0.15) is 38.3 Å². The normalized spacial score (nSPS) is 21.7.